The van der Waals surface area contributed by atoms with Crippen molar-refractivity contribution >= 4 is 57.8 Å². The highest BCUT2D eigenvalue weighted by Crippen LogP contribution is 2.40. The molecule has 2 aliphatic rings. The van der Waals surface area contributed by atoms with Crippen molar-refractivity contribution in [3.63, 3.8) is 0 Å². The number of rotatable bonds is 4. The molecule has 4 nitrogen and oxygen atoms in total. The Morgan fingerprint density at radius 2 is 1.85 bits per heavy atom. The van der Waals surface area contributed by atoms with Crippen LogP contribution in [0.4, 0.5) is 5.69 Å². The van der Waals surface area contributed by atoms with Crippen LogP contribution in [0.15, 0.2) is 75.0 Å². The smallest absolute Gasteiger partial charge is 0.267 e. The first-order chi connectivity index (χ1) is 16.5. The van der Waals surface area contributed by atoms with Gasteiger partial charge in [-0.3, -0.25) is 9.69 Å². The third-order valence-corrected chi connectivity index (χ3v) is 7.84. The molecule has 2 heterocycles. The van der Waals surface area contributed by atoms with Crippen molar-refractivity contribution in [2.75, 3.05) is 0 Å². The molecule has 0 bridgehead atoms. The van der Waals surface area contributed by atoms with E-state index in [0.29, 0.717) is 32.4 Å². The highest BCUT2D eigenvalue weighted by Gasteiger charge is 2.41. The second-order valence-electron chi connectivity index (χ2n) is 8.67. The van der Waals surface area contributed by atoms with Gasteiger partial charge in [0.2, 0.25) is 0 Å². The maximum Gasteiger partial charge on any atom is 0.267 e. The molecule has 1 amide bonds. The third-order valence-electron chi connectivity index (χ3n) is 6.31. The SMILES string of the molecule is C[C@H]1CCCC[C@@H]1N1C(=O)/C(=C/c2ccc(-c3ccc(Cl)cc3Cl)o2)SC1=Nc1ccccc1. The van der Waals surface area contributed by atoms with E-state index in [4.69, 9.17) is 32.6 Å². The molecule has 2 atom stereocenters. The Balaban J connectivity index is 1.48. The molecule has 0 radical (unpaired) electrons. The van der Waals surface area contributed by atoms with Crippen molar-refractivity contribution in [1.82, 2.24) is 4.90 Å². The summed E-state index contributed by atoms with van der Waals surface area (Å²) in [6, 6.07) is 18.9. The van der Waals surface area contributed by atoms with Gasteiger partial charge in [0.25, 0.3) is 5.91 Å². The molecule has 7 heteroatoms. The molecule has 1 aliphatic carbocycles. The van der Waals surface area contributed by atoms with Crippen LogP contribution in [-0.4, -0.2) is 22.0 Å². The number of nitrogens with zero attached hydrogens (tertiary/aromatic N) is 2. The highest BCUT2D eigenvalue weighted by atomic mass is 35.5. The van der Waals surface area contributed by atoms with E-state index in [9.17, 15) is 4.79 Å². The van der Waals surface area contributed by atoms with Gasteiger partial charge >= 0.3 is 0 Å². The maximum absolute atomic E-state index is 13.6. The number of halogens is 2. The zero-order valence-electron chi connectivity index (χ0n) is 18.7. The summed E-state index contributed by atoms with van der Waals surface area (Å²) in [6.07, 6.45) is 6.26. The fourth-order valence-corrected chi connectivity index (χ4v) is 6.07. The first-order valence-electron chi connectivity index (χ1n) is 11.4. The average molecular weight is 511 g/mol. The summed E-state index contributed by atoms with van der Waals surface area (Å²) < 4.78 is 6.03. The number of hydrogen-bond acceptors (Lipinski definition) is 4. The molecule has 174 valence electrons. The van der Waals surface area contributed by atoms with E-state index in [1.807, 2.05) is 53.4 Å². The first kappa shape index (κ1) is 23.3. The molecule has 2 aromatic carbocycles. The van der Waals surface area contributed by atoms with Crippen molar-refractivity contribution in [3.05, 3.63) is 81.4 Å². The summed E-state index contributed by atoms with van der Waals surface area (Å²) in [5.74, 6) is 1.64. The number of furan rings is 1. The number of amidine groups is 1. The predicted molar refractivity (Wildman–Crippen MR) is 142 cm³/mol. The van der Waals surface area contributed by atoms with Crippen molar-refractivity contribution in [2.24, 2.45) is 10.9 Å². The van der Waals surface area contributed by atoms with E-state index in [1.54, 1.807) is 18.2 Å². The molecule has 1 saturated heterocycles. The number of hydrogen-bond donors (Lipinski definition) is 0. The molecule has 0 N–H and O–H groups in total. The largest absolute Gasteiger partial charge is 0.457 e. The Morgan fingerprint density at radius 1 is 1.06 bits per heavy atom. The fourth-order valence-electron chi connectivity index (χ4n) is 4.54. The van der Waals surface area contributed by atoms with Crippen LogP contribution < -0.4 is 0 Å². The average Bonchev–Trinajstić information content (AvgIpc) is 3.40. The van der Waals surface area contributed by atoms with Crippen LogP contribution in [0, 0.1) is 5.92 Å². The van der Waals surface area contributed by atoms with E-state index >= 15 is 0 Å². The number of amides is 1. The van der Waals surface area contributed by atoms with Crippen molar-refractivity contribution in [3.8, 4) is 11.3 Å². The van der Waals surface area contributed by atoms with Gasteiger partial charge in [0.05, 0.1) is 15.6 Å². The van der Waals surface area contributed by atoms with Gasteiger partial charge < -0.3 is 4.42 Å². The zero-order chi connectivity index (χ0) is 23.7. The van der Waals surface area contributed by atoms with E-state index in [0.717, 1.165) is 35.7 Å². The van der Waals surface area contributed by atoms with Gasteiger partial charge in [-0.25, -0.2) is 4.99 Å². The highest BCUT2D eigenvalue weighted by molar-refractivity contribution is 8.18. The second kappa shape index (κ2) is 10.0. The lowest BCUT2D eigenvalue weighted by molar-refractivity contribution is -0.124. The van der Waals surface area contributed by atoms with E-state index in [2.05, 4.69) is 6.92 Å². The van der Waals surface area contributed by atoms with Crippen LogP contribution >= 0.6 is 35.0 Å². The Bertz CT molecular complexity index is 1270. The zero-order valence-corrected chi connectivity index (χ0v) is 21.0. The van der Waals surface area contributed by atoms with Gasteiger partial charge in [0.1, 0.15) is 11.5 Å². The van der Waals surface area contributed by atoms with Gasteiger partial charge in [0.15, 0.2) is 5.17 Å². The standard InChI is InChI=1S/C27H24Cl2N2O2S/c1-17-7-5-6-10-23(17)31-26(32)25(34-27(31)30-19-8-3-2-4-9-19)16-20-12-14-24(33-20)21-13-11-18(28)15-22(21)29/h2-4,8-9,11-17,23H,5-7,10H2,1H3/b25-16-,30-27?/t17-,23-/m0/s1. The lowest BCUT2D eigenvalue weighted by atomic mass is 9.85. The van der Waals surface area contributed by atoms with Crippen molar-refractivity contribution in [1.29, 1.82) is 0 Å². The summed E-state index contributed by atoms with van der Waals surface area (Å²) in [5.41, 5.74) is 1.59. The Kier molecular flexibility index (Phi) is 6.87. The Morgan fingerprint density at radius 3 is 2.62 bits per heavy atom. The molecule has 0 unspecified atom stereocenters. The minimum Gasteiger partial charge on any atom is -0.457 e. The molecular formula is C27H24Cl2N2O2S. The van der Waals surface area contributed by atoms with Gasteiger partial charge in [-0.05, 0) is 73.0 Å². The number of thioether (sulfide) groups is 1. The maximum atomic E-state index is 13.6. The van der Waals surface area contributed by atoms with Gasteiger partial charge in [-0.2, -0.15) is 0 Å². The molecule has 34 heavy (non-hydrogen) atoms. The number of aliphatic imine (C=N–C) groups is 1. The number of benzene rings is 2. The normalized spacial score (nSPS) is 23.3. The molecular weight excluding hydrogens is 487 g/mol. The second-order valence-corrected chi connectivity index (χ2v) is 10.5. The quantitative estimate of drug-likeness (QED) is 0.330. The van der Waals surface area contributed by atoms with Gasteiger partial charge in [-0.1, -0.05) is 61.2 Å². The summed E-state index contributed by atoms with van der Waals surface area (Å²) >= 11 is 13.8. The van der Waals surface area contributed by atoms with Crippen molar-refractivity contribution in [2.45, 2.75) is 38.6 Å². The monoisotopic (exact) mass is 510 g/mol. The molecule has 3 aromatic rings. The van der Waals surface area contributed by atoms with Crippen LogP contribution in [0.3, 0.4) is 0 Å². The van der Waals surface area contributed by atoms with Crippen LogP contribution in [0.2, 0.25) is 10.0 Å². The molecule has 5 rings (SSSR count). The van der Waals surface area contributed by atoms with Crippen LogP contribution in [0.5, 0.6) is 0 Å². The van der Waals surface area contributed by atoms with Crippen LogP contribution in [0.25, 0.3) is 17.4 Å². The van der Waals surface area contributed by atoms with Crippen LogP contribution in [-0.2, 0) is 4.79 Å². The molecule has 1 saturated carbocycles. The molecule has 1 aliphatic heterocycles. The molecule has 1 aromatic heterocycles. The minimum atomic E-state index is -0.0130. The number of para-hydroxylation sites is 1. The van der Waals surface area contributed by atoms with E-state index in [1.165, 1.54) is 18.2 Å². The molecule has 2 fully saturated rings. The van der Waals surface area contributed by atoms with E-state index < -0.39 is 0 Å². The Hall–Kier alpha value is -2.47. The summed E-state index contributed by atoms with van der Waals surface area (Å²) in [5, 5.41) is 1.81. The lowest BCUT2D eigenvalue weighted by Gasteiger charge is -2.35. The van der Waals surface area contributed by atoms with Gasteiger partial charge in [-0.15, -0.1) is 0 Å². The molecule has 0 spiro atoms. The predicted octanol–water partition coefficient (Wildman–Crippen LogP) is 8.44. The summed E-state index contributed by atoms with van der Waals surface area (Å²) in [4.78, 5) is 21.0. The Labute approximate surface area is 213 Å². The first-order valence-corrected chi connectivity index (χ1v) is 13.0. The van der Waals surface area contributed by atoms with Crippen molar-refractivity contribution < 1.29 is 9.21 Å². The number of carbonyl (C=O) groups is 1. The lowest BCUT2D eigenvalue weighted by Crippen LogP contribution is -2.44. The topological polar surface area (TPSA) is 45.8 Å². The summed E-state index contributed by atoms with van der Waals surface area (Å²) in [6.45, 7) is 2.23. The summed E-state index contributed by atoms with van der Waals surface area (Å²) in [7, 11) is 0. The van der Waals surface area contributed by atoms with Crippen LogP contribution in [0.1, 0.15) is 38.4 Å². The third kappa shape index (κ3) is 4.83. The minimum absolute atomic E-state index is 0.0130. The van der Waals surface area contributed by atoms with E-state index in [-0.39, 0.29) is 11.9 Å². The number of carbonyl (C=O) groups excluding carboxylic acids is 1. The fraction of sp³-hybridized carbons (Fsp3) is 0.259. The van der Waals surface area contributed by atoms with Gasteiger partial charge in [0, 0.05) is 22.7 Å².